The van der Waals surface area contributed by atoms with Gasteiger partial charge < -0.3 is 15.5 Å². The van der Waals surface area contributed by atoms with Crippen LogP contribution in [0.5, 0.6) is 0 Å². The molecule has 1 amide bonds. The monoisotopic (exact) mass is 269 g/mol. The van der Waals surface area contributed by atoms with Gasteiger partial charge in [0.1, 0.15) is 0 Å². The van der Waals surface area contributed by atoms with E-state index in [4.69, 9.17) is 5.73 Å². The van der Waals surface area contributed by atoms with Gasteiger partial charge in [0.25, 0.3) is 0 Å². The summed E-state index contributed by atoms with van der Waals surface area (Å²) >= 11 is 0. The van der Waals surface area contributed by atoms with Crippen molar-refractivity contribution < 1.29 is 4.79 Å². The van der Waals surface area contributed by atoms with Crippen molar-refractivity contribution in [3.8, 4) is 0 Å². The number of amides is 1. The predicted molar refractivity (Wildman–Crippen MR) is 79.9 cm³/mol. The third-order valence-corrected chi connectivity index (χ3v) is 4.34. The van der Waals surface area contributed by atoms with Crippen LogP contribution in [-0.2, 0) is 4.79 Å². The summed E-state index contributed by atoms with van der Waals surface area (Å²) in [6, 6.07) is 0. The topological polar surface area (TPSA) is 49.6 Å². The summed E-state index contributed by atoms with van der Waals surface area (Å²) in [6.45, 7) is 9.29. The van der Waals surface area contributed by atoms with E-state index in [9.17, 15) is 4.79 Å². The zero-order valence-electron chi connectivity index (χ0n) is 12.9. The van der Waals surface area contributed by atoms with E-state index < -0.39 is 0 Å². The quantitative estimate of drug-likeness (QED) is 0.763. The molecule has 1 heterocycles. The summed E-state index contributed by atoms with van der Waals surface area (Å²) in [5, 5.41) is 0. The Labute approximate surface area is 118 Å². The van der Waals surface area contributed by atoms with E-state index >= 15 is 0 Å². The fraction of sp³-hybridized carbons (Fsp3) is 0.933. The lowest BCUT2D eigenvalue weighted by Crippen LogP contribution is -2.38. The molecule has 1 fully saturated rings. The first-order valence-electron chi connectivity index (χ1n) is 7.71. The summed E-state index contributed by atoms with van der Waals surface area (Å²) in [7, 11) is 1.88. The van der Waals surface area contributed by atoms with Gasteiger partial charge in [0.2, 0.25) is 5.91 Å². The maximum absolute atomic E-state index is 11.9. The van der Waals surface area contributed by atoms with E-state index in [2.05, 4.69) is 18.7 Å². The van der Waals surface area contributed by atoms with Gasteiger partial charge in [-0.15, -0.1) is 0 Å². The van der Waals surface area contributed by atoms with Crippen molar-refractivity contribution in [3.05, 3.63) is 0 Å². The summed E-state index contributed by atoms with van der Waals surface area (Å²) in [5.41, 5.74) is 5.46. The number of piperidine rings is 1. The lowest BCUT2D eigenvalue weighted by Gasteiger charge is -2.34. The SMILES string of the molecule is CC(C)C1CCN(CCC(=O)N(C)CCCN)CC1. The van der Waals surface area contributed by atoms with Crippen molar-refractivity contribution in [3.63, 3.8) is 0 Å². The molecule has 0 aliphatic carbocycles. The molecule has 0 saturated carbocycles. The van der Waals surface area contributed by atoms with Crippen LogP contribution in [0, 0.1) is 11.8 Å². The van der Waals surface area contributed by atoms with Crippen LogP contribution in [0.1, 0.15) is 39.5 Å². The fourth-order valence-corrected chi connectivity index (χ4v) is 2.74. The van der Waals surface area contributed by atoms with Crippen LogP contribution in [0.15, 0.2) is 0 Å². The molecule has 0 bridgehead atoms. The highest BCUT2D eigenvalue weighted by Crippen LogP contribution is 2.24. The van der Waals surface area contributed by atoms with E-state index in [-0.39, 0.29) is 5.91 Å². The largest absolute Gasteiger partial charge is 0.346 e. The molecule has 0 spiro atoms. The average Bonchev–Trinajstić information content (AvgIpc) is 2.42. The van der Waals surface area contributed by atoms with Crippen LogP contribution in [0.3, 0.4) is 0 Å². The highest BCUT2D eigenvalue weighted by molar-refractivity contribution is 5.76. The molecule has 112 valence electrons. The van der Waals surface area contributed by atoms with Gasteiger partial charge in [0.15, 0.2) is 0 Å². The molecule has 0 aromatic carbocycles. The number of likely N-dealkylation sites (tertiary alicyclic amines) is 1. The Hall–Kier alpha value is -0.610. The van der Waals surface area contributed by atoms with E-state index in [1.165, 1.54) is 12.8 Å². The number of carbonyl (C=O) groups excluding carboxylic acids is 1. The Kier molecular flexibility index (Phi) is 7.39. The molecule has 0 aromatic rings. The smallest absolute Gasteiger partial charge is 0.223 e. The third kappa shape index (κ3) is 5.91. The van der Waals surface area contributed by atoms with Gasteiger partial charge in [-0.05, 0) is 50.7 Å². The Bertz CT molecular complexity index is 260. The summed E-state index contributed by atoms with van der Waals surface area (Å²) < 4.78 is 0. The first-order valence-corrected chi connectivity index (χ1v) is 7.71. The maximum atomic E-state index is 11.9. The van der Waals surface area contributed by atoms with Crippen LogP contribution in [0.2, 0.25) is 0 Å². The molecule has 19 heavy (non-hydrogen) atoms. The van der Waals surface area contributed by atoms with Crippen molar-refractivity contribution in [2.45, 2.75) is 39.5 Å². The van der Waals surface area contributed by atoms with Crippen LogP contribution in [0.4, 0.5) is 0 Å². The van der Waals surface area contributed by atoms with Crippen LogP contribution >= 0.6 is 0 Å². The average molecular weight is 269 g/mol. The van der Waals surface area contributed by atoms with Crippen LogP contribution in [0.25, 0.3) is 0 Å². The van der Waals surface area contributed by atoms with Crippen molar-refractivity contribution in [1.29, 1.82) is 0 Å². The molecule has 1 aliphatic heterocycles. The molecular weight excluding hydrogens is 238 g/mol. The highest BCUT2D eigenvalue weighted by Gasteiger charge is 2.21. The molecule has 0 aromatic heterocycles. The van der Waals surface area contributed by atoms with Gasteiger partial charge >= 0.3 is 0 Å². The van der Waals surface area contributed by atoms with Crippen LogP contribution in [-0.4, -0.2) is 55.5 Å². The van der Waals surface area contributed by atoms with E-state index in [1.54, 1.807) is 0 Å². The van der Waals surface area contributed by atoms with E-state index in [0.29, 0.717) is 13.0 Å². The molecule has 2 N–H and O–H groups in total. The van der Waals surface area contributed by atoms with E-state index in [0.717, 1.165) is 44.4 Å². The van der Waals surface area contributed by atoms with Gasteiger partial charge in [-0.1, -0.05) is 13.8 Å². The standard InChI is InChI=1S/C15H31N3O/c1-13(2)14-5-10-18(11-6-14)12-7-15(19)17(3)9-4-8-16/h13-14H,4-12,16H2,1-3H3. The second-order valence-electron chi connectivity index (χ2n) is 6.13. The summed E-state index contributed by atoms with van der Waals surface area (Å²) in [4.78, 5) is 16.2. The number of hydrogen-bond acceptors (Lipinski definition) is 3. The zero-order valence-corrected chi connectivity index (χ0v) is 12.9. The van der Waals surface area contributed by atoms with Gasteiger partial charge in [-0.3, -0.25) is 4.79 Å². The first kappa shape index (κ1) is 16.4. The predicted octanol–water partition coefficient (Wildman–Crippen LogP) is 1.55. The number of nitrogens with two attached hydrogens (primary N) is 1. The lowest BCUT2D eigenvalue weighted by molar-refractivity contribution is -0.130. The maximum Gasteiger partial charge on any atom is 0.223 e. The van der Waals surface area contributed by atoms with Gasteiger partial charge in [-0.2, -0.15) is 0 Å². The molecule has 4 heteroatoms. The minimum absolute atomic E-state index is 0.249. The molecule has 4 nitrogen and oxygen atoms in total. The normalized spacial score (nSPS) is 17.9. The van der Waals surface area contributed by atoms with Gasteiger partial charge in [0, 0.05) is 26.6 Å². The van der Waals surface area contributed by atoms with Gasteiger partial charge in [0.05, 0.1) is 0 Å². The number of hydrogen-bond donors (Lipinski definition) is 1. The summed E-state index contributed by atoms with van der Waals surface area (Å²) in [5.74, 6) is 1.92. The number of nitrogens with zero attached hydrogens (tertiary/aromatic N) is 2. The molecule has 1 saturated heterocycles. The number of carbonyl (C=O) groups is 1. The lowest BCUT2D eigenvalue weighted by atomic mass is 9.87. The molecule has 1 aliphatic rings. The Morgan fingerprint density at radius 2 is 2.00 bits per heavy atom. The molecule has 0 atom stereocenters. The van der Waals surface area contributed by atoms with Crippen LogP contribution < -0.4 is 5.73 Å². The Balaban J connectivity index is 2.18. The minimum Gasteiger partial charge on any atom is -0.346 e. The second kappa shape index (κ2) is 8.54. The zero-order chi connectivity index (χ0) is 14.3. The van der Waals surface area contributed by atoms with E-state index in [1.807, 2.05) is 11.9 Å². The van der Waals surface area contributed by atoms with Crippen molar-refractivity contribution in [2.24, 2.45) is 17.6 Å². The Morgan fingerprint density at radius 1 is 1.37 bits per heavy atom. The molecule has 0 unspecified atom stereocenters. The minimum atomic E-state index is 0.249. The highest BCUT2D eigenvalue weighted by atomic mass is 16.2. The molecule has 0 radical (unpaired) electrons. The first-order chi connectivity index (χ1) is 9.04. The second-order valence-corrected chi connectivity index (χ2v) is 6.13. The molecular formula is C15H31N3O. The number of rotatable bonds is 7. The fourth-order valence-electron chi connectivity index (χ4n) is 2.74. The van der Waals surface area contributed by atoms with Crippen molar-refractivity contribution in [1.82, 2.24) is 9.80 Å². The Morgan fingerprint density at radius 3 is 2.53 bits per heavy atom. The van der Waals surface area contributed by atoms with Gasteiger partial charge in [-0.25, -0.2) is 0 Å². The summed E-state index contributed by atoms with van der Waals surface area (Å²) in [6.07, 6.45) is 4.11. The van der Waals surface area contributed by atoms with Crippen molar-refractivity contribution in [2.75, 3.05) is 39.8 Å². The van der Waals surface area contributed by atoms with Crippen molar-refractivity contribution >= 4 is 5.91 Å². The third-order valence-electron chi connectivity index (χ3n) is 4.34. The molecule has 1 rings (SSSR count).